The zero-order chi connectivity index (χ0) is 10.8. The molecule has 0 fully saturated rings. The van der Waals surface area contributed by atoms with Crippen molar-refractivity contribution >= 4 is 21.9 Å². The SMILES string of the molecule is Cc1nc(N)nn1Cc1cccc(Br)c1. The minimum atomic E-state index is 0.322. The van der Waals surface area contributed by atoms with Crippen molar-refractivity contribution in [3.63, 3.8) is 0 Å². The molecule has 0 aliphatic heterocycles. The van der Waals surface area contributed by atoms with Gasteiger partial charge in [-0.2, -0.15) is 4.98 Å². The monoisotopic (exact) mass is 266 g/mol. The lowest BCUT2D eigenvalue weighted by Gasteiger charge is -2.03. The molecule has 0 radical (unpaired) electrons. The third-order valence-electron chi connectivity index (χ3n) is 2.09. The molecule has 1 aromatic heterocycles. The zero-order valence-electron chi connectivity index (χ0n) is 8.31. The third kappa shape index (κ3) is 2.36. The van der Waals surface area contributed by atoms with Gasteiger partial charge in [0.25, 0.3) is 0 Å². The van der Waals surface area contributed by atoms with Crippen LogP contribution in [0.15, 0.2) is 28.7 Å². The molecule has 2 rings (SSSR count). The Morgan fingerprint density at radius 3 is 2.87 bits per heavy atom. The van der Waals surface area contributed by atoms with Crippen molar-refractivity contribution in [1.29, 1.82) is 0 Å². The smallest absolute Gasteiger partial charge is 0.239 e. The minimum Gasteiger partial charge on any atom is -0.366 e. The predicted molar refractivity (Wildman–Crippen MR) is 62.4 cm³/mol. The first kappa shape index (κ1) is 10.2. The van der Waals surface area contributed by atoms with E-state index in [0.29, 0.717) is 12.5 Å². The number of nitrogens with zero attached hydrogens (tertiary/aromatic N) is 3. The lowest BCUT2D eigenvalue weighted by atomic mass is 10.2. The van der Waals surface area contributed by atoms with Crippen molar-refractivity contribution in [2.45, 2.75) is 13.5 Å². The van der Waals surface area contributed by atoms with Gasteiger partial charge in [-0.25, -0.2) is 4.68 Å². The molecule has 0 bridgehead atoms. The van der Waals surface area contributed by atoms with Crippen LogP contribution in [0.3, 0.4) is 0 Å². The van der Waals surface area contributed by atoms with Gasteiger partial charge in [0.1, 0.15) is 5.82 Å². The van der Waals surface area contributed by atoms with Crippen LogP contribution >= 0.6 is 15.9 Å². The van der Waals surface area contributed by atoms with E-state index < -0.39 is 0 Å². The number of halogens is 1. The molecule has 0 saturated heterocycles. The van der Waals surface area contributed by atoms with E-state index in [9.17, 15) is 0 Å². The van der Waals surface area contributed by atoms with E-state index in [1.807, 2.05) is 25.1 Å². The molecule has 15 heavy (non-hydrogen) atoms. The number of nitrogen functional groups attached to an aromatic ring is 1. The van der Waals surface area contributed by atoms with Crippen LogP contribution in [0.2, 0.25) is 0 Å². The predicted octanol–water partition coefficient (Wildman–Crippen LogP) is 1.98. The first-order valence-corrected chi connectivity index (χ1v) is 5.36. The van der Waals surface area contributed by atoms with E-state index in [4.69, 9.17) is 5.73 Å². The average molecular weight is 267 g/mol. The molecular weight excluding hydrogens is 256 g/mol. The van der Waals surface area contributed by atoms with Crippen LogP contribution < -0.4 is 5.73 Å². The van der Waals surface area contributed by atoms with Crippen molar-refractivity contribution in [1.82, 2.24) is 14.8 Å². The number of aromatic nitrogens is 3. The van der Waals surface area contributed by atoms with Crippen LogP contribution in [0.25, 0.3) is 0 Å². The molecule has 78 valence electrons. The summed E-state index contributed by atoms with van der Waals surface area (Å²) in [7, 11) is 0. The maximum absolute atomic E-state index is 5.51. The normalized spacial score (nSPS) is 10.5. The Hall–Kier alpha value is -1.36. The van der Waals surface area contributed by atoms with E-state index in [0.717, 1.165) is 15.9 Å². The Balaban J connectivity index is 2.25. The van der Waals surface area contributed by atoms with Gasteiger partial charge < -0.3 is 5.73 Å². The summed E-state index contributed by atoms with van der Waals surface area (Å²) in [4.78, 5) is 4.05. The molecule has 0 unspecified atom stereocenters. The Kier molecular flexibility index (Phi) is 2.73. The van der Waals surface area contributed by atoms with Crippen molar-refractivity contribution in [2.24, 2.45) is 0 Å². The number of rotatable bonds is 2. The van der Waals surface area contributed by atoms with Gasteiger partial charge in [0.15, 0.2) is 0 Å². The zero-order valence-corrected chi connectivity index (χ0v) is 9.90. The molecule has 0 aliphatic carbocycles. The van der Waals surface area contributed by atoms with E-state index in [1.165, 1.54) is 0 Å². The third-order valence-corrected chi connectivity index (χ3v) is 2.59. The highest BCUT2D eigenvalue weighted by atomic mass is 79.9. The van der Waals surface area contributed by atoms with Crippen LogP contribution in [0.4, 0.5) is 5.95 Å². The second kappa shape index (κ2) is 4.02. The van der Waals surface area contributed by atoms with E-state index in [-0.39, 0.29) is 0 Å². The highest BCUT2D eigenvalue weighted by molar-refractivity contribution is 9.10. The highest BCUT2D eigenvalue weighted by Gasteiger charge is 2.03. The Morgan fingerprint density at radius 2 is 2.27 bits per heavy atom. The molecule has 5 heteroatoms. The number of nitrogens with two attached hydrogens (primary N) is 1. The van der Waals surface area contributed by atoms with Gasteiger partial charge >= 0.3 is 0 Å². The second-order valence-electron chi connectivity index (χ2n) is 3.30. The summed E-state index contributed by atoms with van der Waals surface area (Å²) >= 11 is 3.43. The Labute approximate surface area is 96.3 Å². The first-order valence-electron chi connectivity index (χ1n) is 4.56. The molecule has 2 aromatic rings. The van der Waals surface area contributed by atoms with Crippen molar-refractivity contribution < 1.29 is 0 Å². The largest absolute Gasteiger partial charge is 0.366 e. The molecule has 4 nitrogen and oxygen atoms in total. The number of hydrogen-bond acceptors (Lipinski definition) is 3. The van der Waals surface area contributed by atoms with E-state index in [2.05, 4.69) is 32.1 Å². The van der Waals surface area contributed by atoms with Gasteiger partial charge in [0.2, 0.25) is 5.95 Å². The summed E-state index contributed by atoms with van der Waals surface area (Å²) in [5.74, 6) is 1.15. The molecule has 0 aliphatic rings. The summed E-state index contributed by atoms with van der Waals surface area (Å²) in [5.41, 5.74) is 6.67. The fraction of sp³-hybridized carbons (Fsp3) is 0.200. The van der Waals surface area contributed by atoms with Crippen LogP contribution in [0, 0.1) is 6.92 Å². The van der Waals surface area contributed by atoms with Gasteiger partial charge in [0, 0.05) is 4.47 Å². The first-order chi connectivity index (χ1) is 7.15. The van der Waals surface area contributed by atoms with Crippen molar-refractivity contribution in [3.8, 4) is 0 Å². The van der Waals surface area contributed by atoms with Crippen LogP contribution in [0.5, 0.6) is 0 Å². The van der Waals surface area contributed by atoms with Gasteiger partial charge in [-0.1, -0.05) is 28.1 Å². The maximum Gasteiger partial charge on any atom is 0.239 e. The molecule has 0 atom stereocenters. The average Bonchev–Trinajstić information content (AvgIpc) is 2.45. The standard InChI is InChI=1S/C10H11BrN4/c1-7-13-10(12)14-15(7)6-8-3-2-4-9(11)5-8/h2-5H,6H2,1H3,(H2,12,14). The van der Waals surface area contributed by atoms with Gasteiger partial charge in [-0.15, -0.1) is 5.10 Å². The number of hydrogen-bond donors (Lipinski definition) is 1. The Bertz CT molecular complexity index is 478. The maximum atomic E-state index is 5.51. The van der Waals surface area contributed by atoms with Crippen molar-refractivity contribution in [2.75, 3.05) is 5.73 Å². The lowest BCUT2D eigenvalue weighted by Crippen LogP contribution is -2.04. The molecule has 1 heterocycles. The van der Waals surface area contributed by atoms with Gasteiger partial charge in [-0.05, 0) is 24.6 Å². The van der Waals surface area contributed by atoms with E-state index >= 15 is 0 Å². The molecule has 0 spiro atoms. The quantitative estimate of drug-likeness (QED) is 0.905. The van der Waals surface area contributed by atoms with Crippen LogP contribution in [-0.4, -0.2) is 14.8 Å². The van der Waals surface area contributed by atoms with Crippen molar-refractivity contribution in [3.05, 3.63) is 40.1 Å². The lowest BCUT2D eigenvalue weighted by molar-refractivity contribution is 0.662. The van der Waals surface area contributed by atoms with Gasteiger partial charge in [-0.3, -0.25) is 0 Å². The minimum absolute atomic E-state index is 0.322. The number of anilines is 1. The summed E-state index contributed by atoms with van der Waals surface area (Å²) in [6.07, 6.45) is 0. The van der Waals surface area contributed by atoms with E-state index in [1.54, 1.807) is 4.68 Å². The molecule has 1 aromatic carbocycles. The Morgan fingerprint density at radius 1 is 1.47 bits per heavy atom. The summed E-state index contributed by atoms with van der Waals surface area (Å²) in [6.45, 7) is 2.58. The number of benzene rings is 1. The fourth-order valence-electron chi connectivity index (χ4n) is 1.40. The molecular formula is C10H11BrN4. The molecule has 0 saturated carbocycles. The molecule has 2 N–H and O–H groups in total. The number of aryl methyl sites for hydroxylation is 1. The summed E-state index contributed by atoms with van der Waals surface area (Å²) in [5, 5.41) is 4.10. The summed E-state index contributed by atoms with van der Waals surface area (Å²) in [6, 6.07) is 8.08. The molecule has 0 amide bonds. The topological polar surface area (TPSA) is 56.7 Å². The van der Waals surface area contributed by atoms with Crippen LogP contribution in [-0.2, 0) is 6.54 Å². The summed E-state index contributed by atoms with van der Waals surface area (Å²) < 4.78 is 2.85. The highest BCUT2D eigenvalue weighted by Crippen LogP contribution is 2.13. The fourth-order valence-corrected chi connectivity index (χ4v) is 1.85. The second-order valence-corrected chi connectivity index (χ2v) is 4.22. The van der Waals surface area contributed by atoms with Crippen LogP contribution in [0.1, 0.15) is 11.4 Å². The van der Waals surface area contributed by atoms with Gasteiger partial charge in [0.05, 0.1) is 6.54 Å².